The van der Waals surface area contributed by atoms with Gasteiger partial charge in [-0.1, -0.05) is 18.2 Å². The third kappa shape index (κ3) is 5.21. The first-order chi connectivity index (χ1) is 14.5. The molecule has 3 rings (SSSR count). The Balaban J connectivity index is 1.54. The predicted octanol–water partition coefficient (Wildman–Crippen LogP) is 3.13. The molecule has 0 radical (unpaired) electrons. The van der Waals surface area contributed by atoms with Crippen LogP contribution in [0.1, 0.15) is 17.5 Å². The number of amides is 1. The van der Waals surface area contributed by atoms with E-state index >= 15 is 0 Å². The molecule has 0 N–H and O–H groups in total. The average Bonchev–Trinajstić information content (AvgIpc) is 2.77. The summed E-state index contributed by atoms with van der Waals surface area (Å²) in [5, 5.41) is 0. The lowest BCUT2D eigenvalue weighted by Crippen LogP contribution is -2.48. The topological polar surface area (TPSA) is 51.2 Å². The van der Waals surface area contributed by atoms with Crippen LogP contribution in [0, 0.1) is 5.82 Å². The zero-order valence-electron chi connectivity index (χ0n) is 17.8. The Morgan fingerprint density at radius 2 is 1.70 bits per heavy atom. The highest BCUT2D eigenvalue weighted by molar-refractivity contribution is 5.76. The molecule has 0 spiro atoms. The van der Waals surface area contributed by atoms with E-state index in [0.717, 1.165) is 24.2 Å². The van der Waals surface area contributed by atoms with Crippen LogP contribution in [0.15, 0.2) is 36.4 Å². The summed E-state index contributed by atoms with van der Waals surface area (Å²) in [7, 11) is 4.82. The molecule has 1 saturated heterocycles. The highest BCUT2D eigenvalue weighted by Gasteiger charge is 2.23. The van der Waals surface area contributed by atoms with Crippen molar-refractivity contribution >= 4 is 5.91 Å². The first kappa shape index (κ1) is 21.9. The van der Waals surface area contributed by atoms with Crippen molar-refractivity contribution in [1.82, 2.24) is 9.80 Å². The Kier molecular flexibility index (Phi) is 7.52. The molecule has 1 fully saturated rings. The molecule has 0 atom stereocenters. The number of halogens is 1. The summed E-state index contributed by atoms with van der Waals surface area (Å²) >= 11 is 0. The Bertz CT molecular complexity index is 866. The summed E-state index contributed by atoms with van der Waals surface area (Å²) in [6.45, 7) is 3.62. The van der Waals surface area contributed by atoms with Gasteiger partial charge in [0.05, 0.1) is 21.3 Å². The minimum absolute atomic E-state index is 0.114. The normalized spacial score (nSPS) is 14.5. The lowest BCUT2D eigenvalue weighted by molar-refractivity contribution is -0.133. The summed E-state index contributed by atoms with van der Waals surface area (Å²) in [6.07, 6.45) is 0.951. The molecule has 30 heavy (non-hydrogen) atoms. The number of ether oxygens (including phenoxy) is 3. The van der Waals surface area contributed by atoms with Crippen molar-refractivity contribution in [2.75, 3.05) is 47.5 Å². The van der Waals surface area contributed by atoms with Gasteiger partial charge in [-0.05, 0) is 30.2 Å². The van der Waals surface area contributed by atoms with Crippen LogP contribution >= 0.6 is 0 Å². The number of carbonyl (C=O) groups excluding carboxylic acids is 1. The van der Waals surface area contributed by atoms with Gasteiger partial charge in [0, 0.05) is 44.7 Å². The monoisotopic (exact) mass is 416 g/mol. The Morgan fingerprint density at radius 3 is 2.33 bits per heavy atom. The number of aryl methyl sites for hydroxylation is 1. The fraction of sp³-hybridized carbons (Fsp3) is 0.435. The van der Waals surface area contributed by atoms with Crippen molar-refractivity contribution in [1.29, 1.82) is 0 Å². The molecule has 2 aromatic rings. The van der Waals surface area contributed by atoms with Crippen LogP contribution in [0.25, 0.3) is 0 Å². The maximum atomic E-state index is 13.3. The quantitative estimate of drug-likeness (QED) is 0.662. The number of hydrogen-bond acceptors (Lipinski definition) is 5. The van der Waals surface area contributed by atoms with Crippen LogP contribution in [0.2, 0.25) is 0 Å². The molecule has 1 amide bonds. The maximum absolute atomic E-state index is 13.3. The summed E-state index contributed by atoms with van der Waals surface area (Å²) in [6, 6.07) is 10.3. The number of piperazine rings is 1. The second-order valence-corrected chi connectivity index (χ2v) is 7.28. The zero-order valence-corrected chi connectivity index (χ0v) is 17.8. The zero-order chi connectivity index (χ0) is 21.5. The molecule has 2 aromatic carbocycles. The predicted molar refractivity (Wildman–Crippen MR) is 113 cm³/mol. The van der Waals surface area contributed by atoms with Crippen molar-refractivity contribution in [3.05, 3.63) is 53.3 Å². The smallest absolute Gasteiger partial charge is 0.222 e. The number of carbonyl (C=O) groups is 1. The van der Waals surface area contributed by atoms with E-state index in [1.54, 1.807) is 27.4 Å². The van der Waals surface area contributed by atoms with E-state index < -0.39 is 0 Å². The first-order valence-corrected chi connectivity index (χ1v) is 10.1. The van der Waals surface area contributed by atoms with Crippen LogP contribution in [0.4, 0.5) is 4.39 Å². The lowest BCUT2D eigenvalue weighted by atomic mass is 10.1. The Hall–Kier alpha value is -2.80. The van der Waals surface area contributed by atoms with Gasteiger partial charge in [0.1, 0.15) is 5.82 Å². The molecule has 0 bridgehead atoms. The Morgan fingerprint density at radius 1 is 0.967 bits per heavy atom. The third-order valence-corrected chi connectivity index (χ3v) is 5.42. The highest BCUT2D eigenvalue weighted by atomic mass is 19.1. The summed E-state index contributed by atoms with van der Waals surface area (Å²) < 4.78 is 29.7. The lowest BCUT2D eigenvalue weighted by Gasteiger charge is -2.35. The number of methoxy groups -OCH3 is 3. The van der Waals surface area contributed by atoms with E-state index in [2.05, 4.69) is 4.90 Å². The molecule has 0 aromatic heterocycles. The van der Waals surface area contributed by atoms with E-state index in [-0.39, 0.29) is 11.7 Å². The minimum atomic E-state index is -0.265. The van der Waals surface area contributed by atoms with Crippen LogP contribution in [-0.4, -0.2) is 63.2 Å². The molecule has 0 aliphatic carbocycles. The molecule has 6 nitrogen and oxygen atoms in total. The maximum Gasteiger partial charge on any atom is 0.222 e. The fourth-order valence-electron chi connectivity index (χ4n) is 3.79. The van der Waals surface area contributed by atoms with E-state index in [1.807, 2.05) is 23.1 Å². The molecular weight excluding hydrogens is 387 g/mol. The van der Waals surface area contributed by atoms with Gasteiger partial charge in [-0.15, -0.1) is 0 Å². The molecule has 1 aliphatic rings. The molecule has 1 heterocycles. The molecule has 0 saturated carbocycles. The van der Waals surface area contributed by atoms with Gasteiger partial charge in [-0.25, -0.2) is 4.39 Å². The standard InChI is InChI=1S/C23H29FN2O4/c1-28-20-9-8-18(22(29-2)23(20)30-3)16-25-11-13-26(14-12-25)21(27)10-7-17-5-4-6-19(24)15-17/h4-6,8-9,15H,7,10-14,16H2,1-3H3. The van der Waals surface area contributed by atoms with Gasteiger partial charge >= 0.3 is 0 Å². The molecule has 7 heteroatoms. The number of rotatable bonds is 8. The van der Waals surface area contributed by atoms with Crippen molar-refractivity contribution < 1.29 is 23.4 Å². The van der Waals surface area contributed by atoms with E-state index in [1.165, 1.54) is 12.1 Å². The van der Waals surface area contributed by atoms with E-state index in [4.69, 9.17) is 14.2 Å². The van der Waals surface area contributed by atoms with Gasteiger partial charge in [0.15, 0.2) is 11.5 Å². The highest BCUT2D eigenvalue weighted by Crippen LogP contribution is 2.40. The second-order valence-electron chi connectivity index (χ2n) is 7.28. The van der Waals surface area contributed by atoms with Crippen molar-refractivity contribution in [2.45, 2.75) is 19.4 Å². The second kappa shape index (κ2) is 10.3. The first-order valence-electron chi connectivity index (χ1n) is 10.1. The fourth-order valence-corrected chi connectivity index (χ4v) is 3.79. The van der Waals surface area contributed by atoms with Crippen LogP contribution in [0.5, 0.6) is 17.2 Å². The van der Waals surface area contributed by atoms with Crippen molar-refractivity contribution in [3.8, 4) is 17.2 Å². The summed E-state index contributed by atoms with van der Waals surface area (Å²) in [5.41, 5.74) is 1.86. The van der Waals surface area contributed by atoms with Gasteiger partial charge in [-0.3, -0.25) is 9.69 Å². The van der Waals surface area contributed by atoms with Crippen LogP contribution in [0.3, 0.4) is 0 Å². The van der Waals surface area contributed by atoms with Gasteiger partial charge in [-0.2, -0.15) is 0 Å². The average molecular weight is 416 g/mol. The summed E-state index contributed by atoms with van der Waals surface area (Å²) in [5.74, 6) is 1.74. The molecule has 162 valence electrons. The van der Waals surface area contributed by atoms with E-state index in [0.29, 0.717) is 49.7 Å². The van der Waals surface area contributed by atoms with Crippen molar-refractivity contribution in [3.63, 3.8) is 0 Å². The molecule has 0 unspecified atom stereocenters. The van der Waals surface area contributed by atoms with Crippen molar-refractivity contribution in [2.24, 2.45) is 0 Å². The molecule has 1 aliphatic heterocycles. The molecular formula is C23H29FN2O4. The largest absolute Gasteiger partial charge is 0.493 e. The minimum Gasteiger partial charge on any atom is -0.493 e. The number of hydrogen-bond donors (Lipinski definition) is 0. The van der Waals surface area contributed by atoms with Crippen LogP contribution < -0.4 is 14.2 Å². The van der Waals surface area contributed by atoms with Gasteiger partial charge in [0.25, 0.3) is 0 Å². The number of benzene rings is 2. The Labute approximate surface area is 177 Å². The van der Waals surface area contributed by atoms with Crippen LogP contribution in [-0.2, 0) is 17.8 Å². The number of nitrogens with zero attached hydrogens (tertiary/aromatic N) is 2. The third-order valence-electron chi connectivity index (χ3n) is 5.42. The van der Waals surface area contributed by atoms with Gasteiger partial charge < -0.3 is 19.1 Å². The SMILES string of the molecule is COc1ccc(CN2CCN(C(=O)CCc3cccc(F)c3)CC2)c(OC)c1OC. The summed E-state index contributed by atoms with van der Waals surface area (Å²) in [4.78, 5) is 16.7. The van der Waals surface area contributed by atoms with E-state index in [9.17, 15) is 9.18 Å². The van der Waals surface area contributed by atoms with Gasteiger partial charge in [0.2, 0.25) is 11.7 Å².